The van der Waals surface area contributed by atoms with Gasteiger partial charge in [0.1, 0.15) is 23.4 Å². The number of benzene rings is 1. The van der Waals surface area contributed by atoms with E-state index in [9.17, 15) is 14.7 Å². The van der Waals surface area contributed by atoms with Gasteiger partial charge in [-0.1, -0.05) is 18.2 Å². The Bertz CT molecular complexity index is 1150. The van der Waals surface area contributed by atoms with Gasteiger partial charge in [-0.05, 0) is 38.3 Å². The number of fused-ring (bicyclic) bond motifs is 1. The lowest BCUT2D eigenvalue weighted by atomic mass is 10.1. The largest absolute Gasteiger partial charge is 0.480 e. The van der Waals surface area contributed by atoms with Crippen molar-refractivity contribution >= 4 is 22.8 Å². The fourth-order valence-electron chi connectivity index (χ4n) is 3.62. The molecule has 9 nitrogen and oxygen atoms in total. The Kier molecular flexibility index (Phi) is 5.65. The number of ether oxygens (including phenoxy) is 2. The van der Waals surface area contributed by atoms with Crippen LogP contribution in [0.1, 0.15) is 27.2 Å². The Morgan fingerprint density at radius 2 is 1.94 bits per heavy atom. The first-order valence-electron chi connectivity index (χ1n) is 10.3. The van der Waals surface area contributed by atoms with Gasteiger partial charge in [0.2, 0.25) is 5.88 Å². The second kappa shape index (κ2) is 8.41. The zero-order valence-electron chi connectivity index (χ0n) is 18.1. The summed E-state index contributed by atoms with van der Waals surface area (Å²) in [7, 11) is 0. The molecule has 0 saturated carbocycles. The normalized spacial score (nSPS) is 18.5. The molecular formula is C23H24N4O5. The van der Waals surface area contributed by atoms with Crippen LogP contribution in [-0.4, -0.2) is 61.3 Å². The van der Waals surface area contributed by atoms with Gasteiger partial charge in [0.05, 0.1) is 18.4 Å². The number of carbonyl (C=O) groups excluding carboxylic acids is 1. The molecule has 1 fully saturated rings. The summed E-state index contributed by atoms with van der Waals surface area (Å²) in [5, 5.41) is 11.3. The summed E-state index contributed by atoms with van der Waals surface area (Å²) in [5.41, 5.74) is 0.443. The van der Waals surface area contributed by atoms with E-state index in [4.69, 9.17) is 9.47 Å². The average molecular weight is 436 g/mol. The summed E-state index contributed by atoms with van der Waals surface area (Å²) in [6.45, 7) is 5.29. The maximum absolute atomic E-state index is 12.6. The van der Waals surface area contributed by atoms with E-state index in [0.717, 1.165) is 10.8 Å². The predicted molar refractivity (Wildman–Crippen MR) is 116 cm³/mol. The van der Waals surface area contributed by atoms with Crippen LogP contribution in [0.3, 0.4) is 0 Å². The molecule has 2 aromatic heterocycles. The summed E-state index contributed by atoms with van der Waals surface area (Å²) in [6.07, 6.45) is 3.66. The van der Waals surface area contributed by atoms with E-state index in [-0.39, 0.29) is 13.0 Å². The third-order valence-electron chi connectivity index (χ3n) is 4.99. The second-order valence-corrected chi connectivity index (χ2v) is 8.59. The number of carboxylic acid groups (broad SMARTS) is 1. The average Bonchev–Trinajstić information content (AvgIpc) is 3.18. The fourth-order valence-corrected chi connectivity index (χ4v) is 3.62. The number of rotatable bonds is 4. The summed E-state index contributed by atoms with van der Waals surface area (Å²) in [5.74, 6) is -0.753. The van der Waals surface area contributed by atoms with E-state index in [0.29, 0.717) is 17.3 Å². The van der Waals surface area contributed by atoms with Crippen LogP contribution < -0.4 is 4.74 Å². The first-order valence-corrected chi connectivity index (χ1v) is 10.3. The molecular weight excluding hydrogens is 412 g/mol. The van der Waals surface area contributed by atoms with Gasteiger partial charge in [-0.3, -0.25) is 14.9 Å². The number of carbonyl (C=O) groups is 2. The molecule has 32 heavy (non-hydrogen) atoms. The van der Waals surface area contributed by atoms with Crippen molar-refractivity contribution in [2.45, 2.75) is 44.9 Å². The van der Waals surface area contributed by atoms with Gasteiger partial charge in [0, 0.05) is 24.2 Å². The first-order chi connectivity index (χ1) is 15.2. The molecule has 1 aliphatic heterocycles. The van der Waals surface area contributed by atoms with E-state index in [1.807, 2.05) is 30.3 Å². The molecule has 1 amide bonds. The highest BCUT2D eigenvalue weighted by atomic mass is 16.6. The van der Waals surface area contributed by atoms with Crippen LogP contribution in [0.15, 0.2) is 48.9 Å². The number of hydrogen-bond acceptors (Lipinski definition) is 7. The van der Waals surface area contributed by atoms with Gasteiger partial charge in [0.15, 0.2) is 0 Å². The van der Waals surface area contributed by atoms with Crippen molar-refractivity contribution in [2.24, 2.45) is 0 Å². The van der Waals surface area contributed by atoms with E-state index in [1.54, 1.807) is 39.4 Å². The summed E-state index contributed by atoms with van der Waals surface area (Å²) in [6, 6.07) is 8.46. The number of pyridine rings is 1. The molecule has 166 valence electrons. The van der Waals surface area contributed by atoms with Crippen LogP contribution in [0.5, 0.6) is 5.88 Å². The minimum Gasteiger partial charge on any atom is -0.480 e. The van der Waals surface area contributed by atoms with Crippen molar-refractivity contribution < 1.29 is 24.2 Å². The van der Waals surface area contributed by atoms with Crippen LogP contribution in [0.4, 0.5) is 4.79 Å². The Hall–Kier alpha value is -3.75. The van der Waals surface area contributed by atoms with Crippen molar-refractivity contribution in [1.82, 2.24) is 19.9 Å². The van der Waals surface area contributed by atoms with Crippen molar-refractivity contribution in [3.05, 3.63) is 48.9 Å². The molecule has 9 heteroatoms. The molecule has 1 aromatic carbocycles. The topological polar surface area (TPSA) is 115 Å². The smallest absolute Gasteiger partial charge is 0.411 e. The Labute approximate surface area is 185 Å². The van der Waals surface area contributed by atoms with Crippen molar-refractivity contribution in [3.63, 3.8) is 0 Å². The van der Waals surface area contributed by atoms with E-state index >= 15 is 0 Å². The number of carboxylic acids is 1. The second-order valence-electron chi connectivity index (χ2n) is 8.59. The highest BCUT2D eigenvalue weighted by Gasteiger charge is 2.43. The Morgan fingerprint density at radius 1 is 1.16 bits per heavy atom. The molecule has 1 N–H and O–H groups in total. The SMILES string of the molecule is CC(C)(C)OC(=O)N1CC(Oc2nc(-c3cnccn3)cc3ccccc23)CC1C(=O)O. The lowest BCUT2D eigenvalue weighted by molar-refractivity contribution is -0.142. The number of amides is 1. The van der Waals surface area contributed by atoms with Crippen molar-refractivity contribution in [1.29, 1.82) is 0 Å². The lowest BCUT2D eigenvalue weighted by Crippen LogP contribution is -2.43. The van der Waals surface area contributed by atoms with E-state index < -0.39 is 29.8 Å². The van der Waals surface area contributed by atoms with Gasteiger partial charge >= 0.3 is 12.1 Å². The molecule has 2 unspecified atom stereocenters. The monoisotopic (exact) mass is 436 g/mol. The molecule has 0 radical (unpaired) electrons. The molecule has 1 aliphatic rings. The van der Waals surface area contributed by atoms with E-state index in [2.05, 4.69) is 15.0 Å². The van der Waals surface area contributed by atoms with Gasteiger partial charge in [-0.15, -0.1) is 0 Å². The zero-order valence-corrected chi connectivity index (χ0v) is 18.1. The molecule has 0 bridgehead atoms. The van der Waals surface area contributed by atoms with Crippen LogP contribution in [0.25, 0.3) is 22.2 Å². The minimum absolute atomic E-state index is 0.0806. The maximum atomic E-state index is 12.6. The van der Waals surface area contributed by atoms with E-state index in [1.165, 1.54) is 4.90 Å². The van der Waals surface area contributed by atoms with Crippen LogP contribution in [0.2, 0.25) is 0 Å². The van der Waals surface area contributed by atoms with Crippen LogP contribution >= 0.6 is 0 Å². The molecule has 3 aromatic rings. The molecule has 3 heterocycles. The van der Waals surface area contributed by atoms with Gasteiger partial charge < -0.3 is 14.6 Å². The highest BCUT2D eigenvalue weighted by Crippen LogP contribution is 2.31. The van der Waals surface area contributed by atoms with Crippen LogP contribution in [-0.2, 0) is 9.53 Å². The number of nitrogens with zero attached hydrogens (tertiary/aromatic N) is 4. The Balaban J connectivity index is 1.64. The molecule has 4 rings (SSSR count). The molecule has 0 aliphatic carbocycles. The van der Waals surface area contributed by atoms with Gasteiger partial charge in [0.25, 0.3) is 0 Å². The number of aromatic nitrogens is 3. The van der Waals surface area contributed by atoms with Crippen molar-refractivity contribution in [3.8, 4) is 17.3 Å². The first kappa shape index (κ1) is 21.5. The van der Waals surface area contributed by atoms with Gasteiger partial charge in [-0.25, -0.2) is 14.6 Å². The highest BCUT2D eigenvalue weighted by molar-refractivity contribution is 5.89. The van der Waals surface area contributed by atoms with Crippen molar-refractivity contribution in [2.75, 3.05) is 6.54 Å². The minimum atomic E-state index is -1.10. The molecule has 0 spiro atoms. The standard InChI is InChI=1S/C23H24N4O5/c1-23(2,3)32-22(30)27-13-15(11-19(27)21(28)29)31-20-16-7-5-4-6-14(16)10-17(26-20)18-12-24-8-9-25-18/h4-10,12,15,19H,11,13H2,1-3H3,(H,28,29). The number of hydrogen-bond donors (Lipinski definition) is 1. The summed E-state index contributed by atoms with van der Waals surface area (Å²) in [4.78, 5) is 38.6. The predicted octanol–water partition coefficient (Wildman–Crippen LogP) is 3.53. The number of likely N-dealkylation sites (tertiary alicyclic amines) is 1. The summed E-state index contributed by atoms with van der Waals surface area (Å²) < 4.78 is 11.6. The molecule has 2 atom stereocenters. The van der Waals surface area contributed by atoms with Crippen LogP contribution in [0, 0.1) is 0 Å². The van der Waals surface area contributed by atoms with Gasteiger partial charge in [-0.2, -0.15) is 0 Å². The lowest BCUT2D eigenvalue weighted by Gasteiger charge is -2.26. The fraction of sp³-hybridized carbons (Fsp3) is 0.348. The molecule has 1 saturated heterocycles. The third-order valence-corrected chi connectivity index (χ3v) is 4.99. The summed E-state index contributed by atoms with van der Waals surface area (Å²) >= 11 is 0. The third kappa shape index (κ3) is 4.61. The Morgan fingerprint density at radius 3 is 2.62 bits per heavy atom. The maximum Gasteiger partial charge on any atom is 0.411 e. The quantitative estimate of drug-likeness (QED) is 0.660. The zero-order chi connectivity index (χ0) is 22.9. The number of aliphatic carboxylic acids is 1.